The second-order valence-corrected chi connectivity index (χ2v) is 11.9. The smallest absolute Gasteiger partial charge is 0.303 e. The summed E-state index contributed by atoms with van der Waals surface area (Å²) in [5.41, 5.74) is -2.49. The van der Waals surface area contributed by atoms with Gasteiger partial charge in [-0.15, -0.1) is 0 Å². The monoisotopic (exact) mass is 453 g/mol. The van der Waals surface area contributed by atoms with Gasteiger partial charge in [-0.1, -0.05) is 20.8 Å². The first-order valence-electron chi connectivity index (χ1n) is 12.3. The van der Waals surface area contributed by atoms with E-state index in [1.54, 1.807) is 0 Å². The molecule has 0 aromatic carbocycles. The Hall–Kier alpha value is -1.25. The van der Waals surface area contributed by atoms with Crippen molar-refractivity contribution >= 4 is 5.97 Å². The topological polar surface area (TPSA) is 141 Å². The highest BCUT2D eigenvalue weighted by atomic mass is 16.6. The summed E-state index contributed by atoms with van der Waals surface area (Å²) in [6, 6.07) is 0. The number of aliphatic hydroxyl groups excluding tert-OH is 3. The highest BCUT2D eigenvalue weighted by Crippen LogP contribution is 2.69. The average Bonchev–Trinajstić information content (AvgIpc) is 3.06. The largest absolute Gasteiger partial charge is 0.481 e. The Balaban J connectivity index is 1.68. The summed E-state index contributed by atoms with van der Waals surface area (Å²) >= 11 is 0. The van der Waals surface area contributed by atoms with Gasteiger partial charge in [0, 0.05) is 29.6 Å². The summed E-state index contributed by atoms with van der Waals surface area (Å²) in [5.74, 6) is -0.743. The van der Waals surface area contributed by atoms with Gasteiger partial charge >= 0.3 is 5.97 Å². The van der Waals surface area contributed by atoms with Crippen molar-refractivity contribution in [3.63, 3.8) is 0 Å². The zero-order valence-electron chi connectivity index (χ0n) is 19.4. The number of nitrogens with zero attached hydrogens (tertiary/aromatic N) is 1. The van der Waals surface area contributed by atoms with Crippen LogP contribution in [0.4, 0.5) is 0 Å². The Morgan fingerprint density at radius 2 is 1.81 bits per heavy atom. The van der Waals surface area contributed by atoms with Crippen LogP contribution < -0.4 is 0 Å². The van der Waals surface area contributed by atoms with E-state index in [4.69, 9.17) is 5.11 Å². The number of hydrogen-bond acceptors (Lipinski definition) is 6. The molecule has 0 bridgehead atoms. The zero-order valence-corrected chi connectivity index (χ0v) is 19.4. The minimum Gasteiger partial charge on any atom is -0.481 e. The van der Waals surface area contributed by atoms with Crippen molar-refractivity contribution in [2.24, 2.45) is 40.4 Å². The maximum Gasteiger partial charge on any atom is 0.303 e. The van der Waals surface area contributed by atoms with Crippen molar-refractivity contribution in [3.8, 4) is 0 Å². The lowest BCUT2D eigenvalue weighted by Gasteiger charge is -2.64. The molecule has 0 spiro atoms. The molecule has 0 amide bonds. The van der Waals surface area contributed by atoms with Crippen molar-refractivity contribution in [1.82, 2.24) is 0 Å². The fourth-order valence-electron chi connectivity index (χ4n) is 9.07. The second-order valence-electron chi connectivity index (χ2n) is 11.9. The number of rotatable bonds is 5. The summed E-state index contributed by atoms with van der Waals surface area (Å²) in [5, 5.41) is 54.7. The first-order chi connectivity index (χ1) is 14.9. The number of aliphatic carboxylic acids is 1. The number of hydrogen-bond donors (Lipinski definition) is 4. The highest BCUT2D eigenvalue weighted by molar-refractivity contribution is 5.66. The van der Waals surface area contributed by atoms with Gasteiger partial charge in [0.2, 0.25) is 5.54 Å². The van der Waals surface area contributed by atoms with E-state index in [1.807, 2.05) is 6.92 Å². The van der Waals surface area contributed by atoms with E-state index in [1.165, 1.54) is 0 Å². The third-order valence-electron chi connectivity index (χ3n) is 10.8. The molecule has 11 atom stereocenters. The molecule has 32 heavy (non-hydrogen) atoms. The lowest BCUT2D eigenvalue weighted by molar-refractivity contribution is -0.612. The number of carboxylic acid groups (broad SMARTS) is 1. The van der Waals surface area contributed by atoms with Gasteiger partial charge in [0.1, 0.15) is 0 Å². The predicted octanol–water partition coefficient (Wildman–Crippen LogP) is 2.85. The third-order valence-corrected chi connectivity index (χ3v) is 10.8. The zero-order chi connectivity index (χ0) is 23.6. The van der Waals surface area contributed by atoms with E-state index < -0.39 is 40.7 Å². The second kappa shape index (κ2) is 7.91. The molecule has 4 saturated carbocycles. The highest BCUT2D eigenvalue weighted by Gasteiger charge is 2.73. The van der Waals surface area contributed by atoms with Crippen LogP contribution in [0.3, 0.4) is 0 Å². The number of aliphatic hydroxyl groups is 3. The summed E-state index contributed by atoms with van der Waals surface area (Å²) in [7, 11) is 0. The summed E-state index contributed by atoms with van der Waals surface area (Å²) in [4.78, 5) is 23.2. The van der Waals surface area contributed by atoms with Gasteiger partial charge < -0.3 is 20.4 Å². The van der Waals surface area contributed by atoms with Crippen LogP contribution in [0, 0.1) is 50.5 Å². The van der Waals surface area contributed by atoms with Crippen LogP contribution in [-0.2, 0) is 4.79 Å². The van der Waals surface area contributed by atoms with Crippen LogP contribution in [0.15, 0.2) is 0 Å². The van der Waals surface area contributed by atoms with E-state index in [0.29, 0.717) is 25.7 Å². The van der Waals surface area contributed by atoms with Crippen LogP contribution in [0.5, 0.6) is 0 Å². The summed E-state index contributed by atoms with van der Waals surface area (Å²) in [6.07, 6.45) is 1.74. The number of nitro groups is 1. The van der Waals surface area contributed by atoms with E-state index in [2.05, 4.69) is 13.8 Å². The van der Waals surface area contributed by atoms with Crippen molar-refractivity contribution < 1.29 is 30.1 Å². The maximum absolute atomic E-state index is 12.4. The van der Waals surface area contributed by atoms with E-state index in [0.717, 1.165) is 12.8 Å². The van der Waals surface area contributed by atoms with Crippen LogP contribution in [0.25, 0.3) is 0 Å². The van der Waals surface area contributed by atoms with Crippen molar-refractivity contribution in [2.75, 3.05) is 0 Å². The average molecular weight is 454 g/mol. The number of carbonyl (C=O) groups is 1. The molecule has 4 N–H and O–H groups in total. The van der Waals surface area contributed by atoms with E-state index in [9.17, 15) is 30.2 Å². The Bertz CT molecular complexity index is 775. The van der Waals surface area contributed by atoms with Crippen LogP contribution in [-0.4, -0.2) is 55.2 Å². The van der Waals surface area contributed by atoms with Crippen molar-refractivity contribution in [1.29, 1.82) is 0 Å². The predicted molar refractivity (Wildman–Crippen MR) is 116 cm³/mol. The molecule has 0 radical (unpaired) electrons. The molecule has 8 heteroatoms. The van der Waals surface area contributed by atoms with Gasteiger partial charge in [-0.2, -0.15) is 0 Å². The molecular formula is C24H39NO7. The lowest BCUT2D eigenvalue weighted by atomic mass is 9.41. The summed E-state index contributed by atoms with van der Waals surface area (Å²) < 4.78 is 0. The molecule has 0 saturated heterocycles. The Morgan fingerprint density at radius 1 is 1.12 bits per heavy atom. The fourth-order valence-corrected chi connectivity index (χ4v) is 9.07. The first-order valence-corrected chi connectivity index (χ1v) is 12.3. The van der Waals surface area contributed by atoms with Crippen molar-refractivity contribution in [3.05, 3.63) is 10.1 Å². The van der Waals surface area contributed by atoms with E-state index >= 15 is 0 Å². The molecule has 0 aliphatic heterocycles. The molecule has 0 heterocycles. The Kier molecular flexibility index (Phi) is 5.91. The van der Waals surface area contributed by atoms with Gasteiger partial charge in [0.15, 0.2) is 0 Å². The first kappa shape index (κ1) is 23.9. The minimum absolute atomic E-state index is 0.0522. The quantitative estimate of drug-likeness (QED) is 0.370. The summed E-state index contributed by atoms with van der Waals surface area (Å²) in [6.45, 7) is 6.13. The van der Waals surface area contributed by atoms with Gasteiger partial charge in [-0.05, 0) is 73.5 Å². The third kappa shape index (κ3) is 3.16. The van der Waals surface area contributed by atoms with Crippen LogP contribution >= 0.6 is 0 Å². The molecule has 8 nitrogen and oxygen atoms in total. The van der Waals surface area contributed by atoms with Gasteiger partial charge in [-0.25, -0.2) is 0 Å². The normalized spacial score (nSPS) is 51.2. The van der Waals surface area contributed by atoms with Gasteiger partial charge in [0.25, 0.3) is 0 Å². The fraction of sp³-hybridized carbons (Fsp3) is 0.958. The number of carboxylic acids is 1. The minimum atomic E-state index is -1.37. The molecule has 4 fully saturated rings. The van der Waals surface area contributed by atoms with E-state index in [-0.39, 0.29) is 53.8 Å². The van der Waals surface area contributed by atoms with Crippen LogP contribution in [0.2, 0.25) is 0 Å². The molecule has 4 rings (SSSR count). The Morgan fingerprint density at radius 3 is 2.44 bits per heavy atom. The van der Waals surface area contributed by atoms with Crippen molar-refractivity contribution in [2.45, 2.75) is 102 Å². The molecule has 0 aromatic heterocycles. The SMILES string of the molecule is CC(CCC(=O)O)C1CCC2C3C(O)CC4([N+](=O)[O-])CC(O)CCC4(C)C3CC(O)C12C. The Labute approximate surface area is 189 Å². The molecule has 4 aliphatic rings. The molecule has 0 aromatic rings. The maximum atomic E-state index is 12.4. The molecule has 182 valence electrons. The lowest BCUT2D eigenvalue weighted by Crippen LogP contribution is -2.70. The molecule has 4 aliphatic carbocycles. The van der Waals surface area contributed by atoms with Gasteiger partial charge in [0.05, 0.1) is 18.3 Å². The standard InChI is InChI=1S/C24H39NO7/c1-13(4-7-20(29)30)15-5-6-16-21-17(10-19(28)23(15,16)3)22(2)9-8-14(26)11-24(22,25(31)32)12-18(21)27/h13-19,21,26-28H,4-12H2,1-3H3,(H,29,30). The molecular weight excluding hydrogens is 414 g/mol. The van der Waals surface area contributed by atoms with Crippen LogP contribution in [0.1, 0.15) is 78.6 Å². The van der Waals surface area contributed by atoms with Gasteiger partial charge in [-0.3, -0.25) is 14.9 Å². The molecule has 11 unspecified atom stereocenters. The number of fused-ring (bicyclic) bond motifs is 5.